The van der Waals surface area contributed by atoms with Gasteiger partial charge in [-0.1, -0.05) is 28.1 Å². The van der Waals surface area contributed by atoms with Gasteiger partial charge in [0, 0.05) is 9.86 Å². The van der Waals surface area contributed by atoms with Gasteiger partial charge in [0.05, 0.1) is 23.4 Å². The molecule has 0 N–H and O–H groups in total. The number of ether oxygens (including phenoxy) is 2. The lowest BCUT2D eigenvalue weighted by Crippen LogP contribution is -2.27. The highest BCUT2D eigenvalue weighted by atomic mass is 79.9. The van der Waals surface area contributed by atoms with Crippen LogP contribution in [-0.2, 0) is 9.47 Å². The molecule has 0 bridgehead atoms. The number of aromatic nitrogens is 1. The Morgan fingerprint density at radius 2 is 1.71 bits per heavy atom. The molecule has 0 aliphatic rings. The van der Waals surface area contributed by atoms with E-state index in [9.17, 15) is 9.59 Å². The number of carbonyl (C=O) groups excluding carboxylic acids is 2. The van der Waals surface area contributed by atoms with E-state index < -0.39 is 11.7 Å². The normalized spacial score (nSPS) is 11.5. The van der Waals surface area contributed by atoms with E-state index in [1.807, 2.05) is 45.0 Å². The van der Waals surface area contributed by atoms with E-state index in [4.69, 9.17) is 9.47 Å². The van der Waals surface area contributed by atoms with Gasteiger partial charge in [-0.05, 0) is 69.7 Å². The number of nitrogens with zero attached hydrogens (tertiary/aromatic N) is 1. The van der Waals surface area contributed by atoms with Gasteiger partial charge in [0.15, 0.2) is 0 Å². The summed E-state index contributed by atoms with van der Waals surface area (Å²) in [7, 11) is 0. The van der Waals surface area contributed by atoms with Gasteiger partial charge in [0.2, 0.25) is 0 Å². The number of rotatable bonds is 3. The summed E-state index contributed by atoms with van der Waals surface area (Å²) in [5.74, 6) is -0.370. The van der Waals surface area contributed by atoms with Gasteiger partial charge in [0.25, 0.3) is 0 Å². The lowest BCUT2D eigenvalue weighted by molar-refractivity contribution is 0.0521. The molecule has 0 radical (unpaired) electrons. The highest BCUT2D eigenvalue weighted by Gasteiger charge is 2.23. The second kappa shape index (κ2) is 7.80. The van der Waals surface area contributed by atoms with E-state index in [0.29, 0.717) is 17.9 Å². The molecule has 0 aliphatic carbocycles. The van der Waals surface area contributed by atoms with Crippen LogP contribution in [-0.4, -0.2) is 28.8 Å². The van der Waals surface area contributed by atoms with Crippen LogP contribution in [0.1, 0.15) is 38.1 Å². The fourth-order valence-electron chi connectivity index (χ4n) is 2.89. The zero-order chi connectivity index (χ0) is 20.5. The minimum atomic E-state index is -0.617. The SMILES string of the molecule is CCOC(=O)c1ccc(-c2cc3cc(Br)ccc3n2C(=O)OC(C)(C)C)cc1. The average Bonchev–Trinajstić information content (AvgIpc) is 2.99. The van der Waals surface area contributed by atoms with Crippen molar-refractivity contribution in [3.8, 4) is 11.3 Å². The Bertz CT molecular complexity index is 1030. The molecule has 1 heterocycles. The van der Waals surface area contributed by atoms with Gasteiger partial charge in [-0.2, -0.15) is 0 Å². The van der Waals surface area contributed by atoms with Crippen LogP contribution in [0.4, 0.5) is 4.79 Å². The maximum absolute atomic E-state index is 12.9. The number of fused-ring (bicyclic) bond motifs is 1. The second-order valence-corrected chi connectivity index (χ2v) is 8.26. The molecule has 28 heavy (non-hydrogen) atoms. The number of benzene rings is 2. The first-order valence-electron chi connectivity index (χ1n) is 9.01. The number of esters is 1. The Hall–Kier alpha value is -2.60. The first-order chi connectivity index (χ1) is 13.2. The number of halogens is 1. The van der Waals surface area contributed by atoms with Gasteiger partial charge in [-0.15, -0.1) is 0 Å². The molecule has 5 nitrogen and oxygen atoms in total. The summed E-state index contributed by atoms with van der Waals surface area (Å²) in [5.41, 5.74) is 2.09. The first kappa shape index (κ1) is 20.1. The molecule has 0 saturated heterocycles. The predicted octanol–water partition coefficient (Wildman–Crippen LogP) is 6.03. The van der Waals surface area contributed by atoms with E-state index in [0.717, 1.165) is 20.9 Å². The Morgan fingerprint density at radius 1 is 1.04 bits per heavy atom. The van der Waals surface area contributed by atoms with Gasteiger partial charge in [-0.3, -0.25) is 0 Å². The van der Waals surface area contributed by atoms with Crippen LogP contribution in [0.3, 0.4) is 0 Å². The van der Waals surface area contributed by atoms with Gasteiger partial charge in [0.1, 0.15) is 5.60 Å². The third kappa shape index (κ3) is 4.28. The molecule has 3 rings (SSSR count). The highest BCUT2D eigenvalue weighted by molar-refractivity contribution is 9.10. The van der Waals surface area contributed by atoms with E-state index >= 15 is 0 Å². The zero-order valence-electron chi connectivity index (χ0n) is 16.3. The van der Waals surface area contributed by atoms with Crippen molar-refractivity contribution in [1.82, 2.24) is 4.57 Å². The number of hydrogen-bond acceptors (Lipinski definition) is 4. The molecule has 0 fully saturated rings. The van der Waals surface area contributed by atoms with Crippen LogP contribution in [0, 0.1) is 0 Å². The van der Waals surface area contributed by atoms with Crippen molar-refractivity contribution in [1.29, 1.82) is 0 Å². The summed E-state index contributed by atoms with van der Waals surface area (Å²) in [5, 5.41) is 0.907. The molecular weight excluding hydrogens is 422 g/mol. The van der Waals surface area contributed by atoms with Crippen molar-refractivity contribution < 1.29 is 19.1 Å². The number of hydrogen-bond donors (Lipinski definition) is 0. The van der Waals surface area contributed by atoms with E-state index in [1.54, 1.807) is 35.8 Å². The fraction of sp³-hybridized carbons (Fsp3) is 0.273. The van der Waals surface area contributed by atoms with Crippen LogP contribution in [0.5, 0.6) is 0 Å². The molecule has 0 saturated carbocycles. The smallest absolute Gasteiger partial charge is 0.419 e. The minimum Gasteiger partial charge on any atom is -0.462 e. The van der Waals surface area contributed by atoms with Gasteiger partial charge >= 0.3 is 12.1 Å². The van der Waals surface area contributed by atoms with Crippen LogP contribution in [0.25, 0.3) is 22.2 Å². The third-order valence-corrected chi connectivity index (χ3v) is 4.52. The van der Waals surface area contributed by atoms with Crippen molar-refractivity contribution >= 4 is 38.9 Å². The van der Waals surface area contributed by atoms with E-state index in [-0.39, 0.29) is 5.97 Å². The molecule has 146 valence electrons. The first-order valence-corrected chi connectivity index (χ1v) is 9.81. The molecule has 0 aliphatic heterocycles. The lowest BCUT2D eigenvalue weighted by atomic mass is 10.1. The average molecular weight is 444 g/mol. The van der Waals surface area contributed by atoms with Crippen molar-refractivity contribution in [2.75, 3.05) is 6.61 Å². The zero-order valence-corrected chi connectivity index (χ0v) is 17.9. The predicted molar refractivity (Wildman–Crippen MR) is 113 cm³/mol. The summed E-state index contributed by atoms with van der Waals surface area (Å²) in [6.45, 7) is 7.59. The number of carbonyl (C=O) groups is 2. The van der Waals surface area contributed by atoms with Crippen molar-refractivity contribution in [3.63, 3.8) is 0 Å². The molecular formula is C22H22BrNO4. The molecule has 2 aromatic carbocycles. The van der Waals surface area contributed by atoms with E-state index in [2.05, 4.69) is 15.9 Å². The summed E-state index contributed by atoms with van der Waals surface area (Å²) in [6.07, 6.45) is -0.450. The van der Waals surface area contributed by atoms with Crippen LogP contribution < -0.4 is 0 Å². The van der Waals surface area contributed by atoms with Crippen molar-refractivity contribution in [2.45, 2.75) is 33.3 Å². The lowest BCUT2D eigenvalue weighted by Gasteiger charge is -2.21. The second-order valence-electron chi connectivity index (χ2n) is 7.35. The summed E-state index contributed by atoms with van der Waals surface area (Å²) in [4.78, 5) is 24.8. The fourth-order valence-corrected chi connectivity index (χ4v) is 3.27. The Morgan fingerprint density at radius 3 is 2.32 bits per heavy atom. The standard InChI is InChI=1S/C22H22BrNO4/c1-5-27-20(25)15-8-6-14(7-9-15)19-13-16-12-17(23)10-11-18(16)24(19)21(26)28-22(2,3)4/h6-13H,5H2,1-4H3. The van der Waals surface area contributed by atoms with Gasteiger partial charge in [-0.25, -0.2) is 14.2 Å². The third-order valence-electron chi connectivity index (χ3n) is 4.03. The molecule has 0 unspecified atom stereocenters. The van der Waals surface area contributed by atoms with E-state index in [1.165, 1.54) is 0 Å². The topological polar surface area (TPSA) is 57.5 Å². The molecule has 0 amide bonds. The molecule has 0 spiro atoms. The summed E-state index contributed by atoms with van der Waals surface area (Å²) < 4.78 is 13.1. The van der Waals surface area contributed by atoms with Crippen molar-refractivity contribution in [2.24, 2.45) is 0 Å². The quantitative estimate of drug-likeness (QED) is 0.463. The van der Waals surface area contributed by atoms with Gasteiger partial charge < -0.3 is 9.47 Å². The summed E-state index contributed by atoms with van der Waals surface area (Å²) in [6, 6.07) is 14.6. The molecule has 6 heteroatoms. The van der Waals surface area contributed by atoms with Crippen molar-refractivity contribution in [3.05, 3.63) is 58.6 Å². The summed E-state index contributed by atoms with van der Waals surface area (Å²) >= 11 is 3.47. The Labute approximate surface area is 172 Å². The maximum Gasteiger partial charge on any atom is 0.419 e. The minimum absolute atomic E-state index is 0.322. The molecule has 1 aromatic heterocycles. The van der Waals surface area contributed by atoms with Crippen LogP contribution in [0.15, 0.2) is 53.0 Å². The largest absolute Gasteiger partial charge is 0.462 e. The van der Waals surface area contributed by atoms with Crippen LogP contribution in [0.2, 0.25) is 0 Å². The Kier molecular flexibility index (Phi) is 5.61. The highest BCUT2D eigenvalue weighted by Crippen LogP contribution is 2.31. The maximum atomic E-state index is 12.9. The molecule has 0 atom stereocenters. The molecule has 3 aromatic rings. The Balaban J connectivity index is 2.10. The van der Waals surface area contributed by atoms with Crippen LogP contribution >= 0.6 is 15.9 Å². The monoisotopic (exact) mass is 443 g/mol.